The molecule has 0 radical (unpaired) electrons. The van der Waals surface area contributed by atoms with Gasteiger partial charge in [0.25, 0.3) is 11.8 Å². The predicted octanol–water partition coefficient (Wildman–Crippen LogP) is 3.76. The Balaban J connectivity index is 1.79. The van der Waals surface area contributed by atoms with Crippen LogP contribution in [0.15, 0.2) is 36.5 Å². The van der Waals surface area contributed by atoms with Gasteiger partial charge in [-0.15, -0.1) is 0 Å². The van der Waals surface area contributed by atoms with Crippen molar-refractivity contribution in [3.63, 3.8) is 0 Å². The molecule has 0 saturated carbocycles. The molecular formula is C17H15Cl2N3O3. The number of carbonyl (C=O) groups excluding carboxylic acids is 2. The van der Waals surface area contributed by atoms with Crippen molar-refractivity contribution in [3.05, 3.63) is 52.1 Å². The SMILES string of the molecule is O=C(Nc1ccc(Cl)cn1)c1ccc(Cl)cc1NC(=O)[C@H]1CCCO1. The van der Waals surface area contributed by atoms with Crippen molar-refractivity contribution in [1.29, 1.82) is 0 Å². The van der Waals surface area contributed by atoms with E-state index in [0.29, 0.717) is 34.6 Å². The number of anilines is 2. The summed E-state index contributed by atoms with van der Waals surface area (Å²) in [6.07, 6.45) is 2.41. The molecule has 1 aliphatic rings. The molecule has 1 saturated heterocycles. The molecule has 3 rings (SSSR count). The van der Waals surface area contributed by atoms with Crippen molar-refractivity contribution in [1.82, 2.24) is 4.98 Å². The summed E-state index contributed by atoms with van der Waals surface area (Å²) in [7, 11) is 0. The lowest BCUT2D eigenvalue weighted by Gasteiger charge is -2.14. The molecule has 0 spiro atoms. The van der Waals surface area contributed by atoms with Crippen molar-refractivity contribution >= 4 is 46.5 Å². The van der Waals surface area contributed by atoms with Crippen LogP contribution < -0.4 is 10.6 Å². The molecule has 6 nitrogen and oxygen atoms in total. The van der Waals surface area contributed by atoms with E-state index < -0.39 is 12.0 Å². The van der Waals surface area contributed by atoms with E-state index in [4.69, 9.17) is 27.9 Å². The Labute approximate surface area is 154 Å². The number of carbonyl (C=O) groups is 2. The van der Waals surface area contributed by atoms with E-state index in [-0.39, 0.29) is 11.5 Å². The number of rotatable bonds is 4. The van der Waals surface area contributed by atoms with Crippen LogP contribution in [-0.4, -0.2) is 29.5 Å². The number of nitrogens with zero attached hydrogens (tertiary/aromatic N) is 1. The van der Waals surface area contributed by atoms with Gasteiger partial charge in [-0.05, 0) is 43.2 Å². The molecule has 1 aromatic carbocycles. The van der Waals surface area contributed by atoms with Crippen LogP contribution in [0.1, 0.15) is 23.2 Å². The van der Waals surface area contributed by atoms with Crippen LogP contribution in [-0.2, 0) is 9.53 Å². The minimum absolute atomic E-state index is 0.271. The van der Waals surface area contributed by atoms with Crippen LogP contribution in [0.5, 0.6) is 0 Å². The molecule has 130 valence electrons. The smallest absolute Gasteiger partial charge is 0.258 e. The lowest BCUT2D eigenvalue weighted by atomic mass is 10.1. The maximum Gasteiger partial charge on any atom is 0.258 e. The van der Waals surface area contributed by atoms with E-state index in [1.54, 1.807) is 24.3 Å². The van der Waals surface area contributed by atoms with Crippen LogP contribution in [0.25, 0.3) is 0 Å². The number of hydrogen-bond acceptors (Lipinski definition) is 4. The molecule has 2 N–H and O–H groups in total. The number of nitrogens with one attached hydrogen (secondary N) is 2. The van der Waals surface area contributed by atoms with Gasteiger partial charge in [-0.1, -0.05) is 23.2 Å². The molecule has 0 unspecified atom stereocenters. The zero-order valence-electron chi connectivity index (χ0n) is 13.1. The van der Waals surface area contributed by atoms with E-state index in [1.807, 2.05) is 0 Å². The first kappa shape index (κ1) is 17.7. The number of amides is 2. The van der Waals surface area contributed by atoms with Crippen molar-refractivity contribution in [3.8, 4) is 0 Å². The Morgan fingerprint density at radius 1 is 1.12 bits per heavy atom. The number of benzene rings is 1. The van der Waals surface area contributed by atoms with Crippen molar-refractivity contribution in [2.75, 3.05) is 17.2 Å². The highest BCUT2D eigenvalue weighted by molar-refractivity contribution is 6.31. The Morgan fingerprint density at radius 2 is 1.92 bits per heavy atom. The summed E-state index contributed by atoms with van der Waals surface area (Å²) in [5.41, 5.74) is 0.590. The quantitative estimate of drug-likeness (QED) is 0.847. The fraction of sp³-hybridized carbons (Fsp3) is 0.235. The van der Waals surface area contributed by atoms with Gasteiger partial charge in [0.05, 0.1) is 16.3 Å². The van der Waals surface area contributed by atoms with Gasteiger partial charge in [0.1, 0.15) is 11.9 Å². The first-order valence-corrected chi connectivity index (χ1v) is 8.43. The van der Waals surface area contributed by atoms with E-state index in [1.165, 1.54) is 12.3 Å². The lowest BCUT2D eigenvalue weighted by Crippen LogP contribution is -2.28. The lowest BCUT2D eigenvalue weighted by molar-refractivity contribution is -0.124. The zero-order chi connectivity index (χ0) is 17.8. The highest BCUT2D eigenvalue weighted by atomic mass is 35.5. The monoisotopic (exact) mass is 379 g/mol. The van der Waals surface area contributed by atoms with Gasteiger partial charge in [-0.25, -0.2) is 4.98 Å². The van der Waals surface area contributed by atoms with E-state index in [0.717, 1.165) is 6.42 Å². The van der Waals surface area contributed by atoms with E-state index in [2.05, 4.69) is 15.6 Å². The van der Waals surface area contributed by atoms with Crippen molar-refractivity contribution < 1.29 is 14.3 Å². The second-order valence-corrected chi connectivity index (χ2v) is 6.37. The molecule has 1 atom stereocenters. The first-order chi connectivity index (χ1) is 12.0. The summed E-state index contributed by atoms with van der Waals surface area (Å²) in [5, 5.41) is 6.25. The van der Waals surface area contributed by atoms with Gasteiger partial charge in [-0.3, -0.25) is 9.59 Å². The number of aromatic nitrogens is 1. The van der Waals surface area contributed by atoms with Gasteiger partial charge in [-0.2, -0.15) is 0 Å². The number of pyridine rings is 1. The third-order valence-corrected chi connectivity index (χ3v) is 4.13. The Kier molecular flexibility index (Phi) is 5.53. The summed E-state index contributed by atoms with van der Waals surface area (Å²) in [6, 6.07) is 7.84. The van der Waals surface area contributed by atoms with Crippen LogP contribution in [0.4, 0.5) is 11.5 Å². The van der Waals surface area contributed by atoms with Gasteiger partial charge in [0.15, 0.2) is 0 Å². The summed E-state index contributed by atoms with van der Waals surface area (Å²) in [6.45, 7) is 0.559. The van der Waals surface area contributed by atoms with Gasteiger partial charge < -0.3 is 15.4 Å². The summed E-state index contributed by atoms with van der Waals surface area (Å²) < 4.78 is 5.36. The second kappa shape index (κ2) is 7.82. The molecule has 0 aliphatic carbocycles. The summed E-state index contributed by atoms with van der Waals surface area (Å²) >= 11 is 11.8. The largest absolute Gasteiger partial charge is 0.368 e. The van der Waals surface area contributed by atoms with Crippen LogP contribution in [0.3, 0.4) is 0 Å². The Hall–Kier alpha value is -2.15. The number of ether oxygens (including phenoxy) is 1. The van der Waals surface area contributed by atoms with Gasteiger partial charge in [0, 0.05) is 17.8 Å². The third kappa shape index (κ3) is 4.48. The minimum atomic E-state index is -0.507. The number of halogens is 2. The molecule has 2 amide bonds. The molecule has 8 heteroatoms. The normalized spacial score (nSPS) is 16.5. The Morgan fingerprint density at radius 3 is 2.60 bits per heavy atom. The highest BCUT2D eigenvalue weighted by Crippen LogP contribution is 2.24. The molecular weight excluding hydrogens is 365 g/mol. The zero-order valence-corrected chi connectivity index (χ0v) is 14.6. The third-order valence-electron chi connectivity index (χ3n) is 3.68. The maximum absolute atomic E-state index is 12.5. The van der Waals surface area contributed by atoms with Crippen LogP contribution >= 0.6 is 23.2 Å². The highest BCUT2D eigenvalue weighted by Gasteiger charge is 2.25. The number of hydrogen-bond donors (Lipinski definition) is 2. The molecule has 2 aromatic rings. The average molecular weight is 380 g/mol. The van der Waals surface area contributed by atoms with Crippen molar-refractivity contribution in [2.45, 2.75) is 18.9 Å². The Bertz CT molecular complexity index is 790. The summed E-state index contributed by atoms with van der Waals surface area (Å²) in [5.74, 6) is -0.367. The minimum Gasteiger partial charge on any atom is -0.368 e. The fourth-order valence-corrected chi connectivity index (χ4v) is 2.73. The average Bonchev–Trinajstić information content (AvgIpc) is 3.11. The van der Waals surface area contributed by atoms with Gasteiger partial charge >= 0.3 is 0 Å². The molecule has 1 fully saturated rings. The summed E-state index contributed by atoms with van der Waals surface area (Å²) in [4.78, 5) is 28.8. The van der Waals surface area contributed by atoms with E-state index in [9.17, 15) is 9.59 Å². The maximum atomic E-state index is 12.5. The predicted molar refractivity (Wildman–Crippen MR) is 96.3 cm³/mol. The second-order valence-electron chi connectivity index (χ2n) is 5.50. The molecule has 1 aromatic heterocycles. The van der Waals surface area contributed by atoms with Crippen LogP contribution in [0.2, 0.25) is 10.0 Å². The fourth-order valence-electron chi connectivity index (χ4n) is 2.45. The topological polar surface area (TPSA) is 80.3 Å². The standard InChI is InChI=1S/C17H15Cl2N3O3/c18-10-3-5-12(16(23)22-15-6-4-11(19)9-20-15)13(8-10)21-17(24)14-2-1-7-25-14/h3-6,8-9,14H,1-2,7H2,(H,21,24)(H,20,22,23)/t14-/m1/s1. The van der Waals surface area contributed by atoms with Crippen molar-refractivity contribution in [2.24, 2.45) is 0 Å². The van der Waals surface area contributed by atoms with E-state index >= 15 is 0 Å². The molecule has 2 heterocycles. The first-order valence-electron chi connectivity index (χ1n) is 7.68. The molecule has 25 heavy (non-hydrogen) atoms. The molecule has 1 aliphatic heterocycles. The van der Waals surface area contributed by atoms with Gasteiger partial charge in [0.2, 0.25) is 0 Å². The molecule has 0 bridgehead atoms. The van der Waals surface area contributed by atoms with Crippen LogP contribution in [0, 0.1) is 0 Å².